The van der Waals surface area contributed by atoms with E-state index in [9.17, 15) is 9.18 Å². The van der Waals surface area contributed by atoms with Crippen molar-refractivity contribution in [1.29, 1.82) is 0 Å². The monoisotopic (exact) mass is 271 g/mol. The molecule has 0 saturated heterocycles. The van der Waals surface area contributed by atoms with Crippen molar-refractivity contribution < 1.29 is 9.18 Å². The van der Waals surface area contributed by atoms with Crippen LogP contribution in [0.3, 0.4) is 0 Å². The van der Waals surface area contributed by atoms with Crippen LogP contribution in [-0.4, -0.2) is 17.8 Å². The molecular weight excluding hydrogens is 253 g/mol. The zero-order valence-corrected chi connectivity index (χ0v) is 11.5. The number of alkyl halides is 1. The molecular formula is C14H19ClFNO. The van der Waals surface area contributed by atoms with Crippen molar-refractivity contribution in [2.45, 2.75) is 32.7 Å². The van der Waals surface area contributed by atoms with Crippen LogP contribution in [0.4, 0.5) is 4.39 Å². The second-order valence-electron chi connectivity index (χ2n) is 4.70. The van der Waals surface area contributed by atoms with Gasteiger partial charge in [0.05, 0.1) is 6.42 Å². The van der Waals surface area contributed by atoms with E-state index in [1.165, 1.54) is 12.1 Å². The summed E-state index contributed by atoms with van der Waals surface area (Å²) in [5.74, 6) is 0.439. The first-order valence-corrected chi connectivity index (χ1v) is 6.66. The highest BCUT2D eigenvalue weighted by molar-refractivity contribution is 6.17. The molecule has 1 aromatic rings. The van der Waals surface area contributed by atoms with Crippen LogP contribution in [0.2, 0.25) is 0 Å². The van der Waals surface area contributed by atoms with Gasteiger partial charge in [0.15, 0.2) is 0 Å². The van der Waals surface area contributed by atoms with Gasteiger partial charge in [0.25, 0.3) is 0 Å². The van der Waals surface area contributed by atoms with Gasteiger partial charge in [0.1, 0.15) is 5.82 Å². The van der Waals surface area contributed by atoms with Crippen molar-refractivity contribution in [3.8, 4) is 0 Å². The lowest BCUT2D eigenvalue weighted by molar-refractivity contribution is -0.121. The van der Waals surface area contributed by atoms with Gasteiger partial charge in [0, 0.05) is 11.9 Å². The lowest BCUT2D eigenvalue weighted by Crippen LogP contribution is -2.39. The smallest absolute Gasteiger partial charge is 0.224 e. The molecule has 0 fully saturated rings. The third kappa shape index (κ3) is 5.05. The Bertz CT molecular complexity index is 395. The Morgan fingerprint density at radius 1 is 1.44 bits per heavy atom. The molecule has 0 saturated carbocycles. The first-order chi connectivity index (χ1) is 8.52. The molecule has 1 N–H and O–H groups in total. The SMILES string of the molecule is CC(C)C(CCCl)NC(=O)Cc1cccc(F)c1. The van der Waals surface area contributed by atoms with Gasteiger partial charge < -0.3 is 5.32 Å². The number of halogens is 2. The highest BCUT2D eigenvalue weighted by Crippen LogP contribution is 2.09. The predicted octanol–water partition coefficient (Wildman–Crippen LogP) is 3.14. The zero-order chi connectivity index (χ0) is 13.5. The van der Waals surface area contributed by atoms with Crippen LogP contribution in [0, 0.1) is 11.7 Å². The molecule has 0 spiro atoms. The highest BCUT2D eigenvalue weighted by atomic mass is 35.5. The molecule has 4 heteroatoms. The van der Waals surface area contributed by atoms with Crippen LogP contribution >= 0.6 is 11.6 Å². The van der Waals surface area contributed by atoms with Gasteiger partial charge in [-0.2, -0.15) is 0 Å². The summed E-state index contributed by atoms with van der Waals surface area (Å²) in [5.41, 5.74) is 0.681. The second kappa shape index (κ2) is 7.37. The summed E-state index contributed by atoms with van der Waals surface area (Å²) in [6, 6.07) is 6.17. The van der Waals surface area contributed by atoms with E-state index in [1.807, 2.05) is 13.8 Å². The summed E-state index contributed by atoms with van der Waals surface area (Å²) in [6.45, 7) is 4.08. The average Bonchev–Trinajstić information content (AvgIpc) is 2.28. The number of amides is 1. The minimum Gasteiger partial charge on any atom is -0.353 e. The summed E-state index contributed by atoms with van der Waals surface area (Å²) < 4.78 is 13.0. The van der Waals surface area contributed by atoms with Crippen LogP contribution in [0.5, 0.6) is 0 Å². The van der Waals surface area contributed by atoms with E-state index in [0.29, 0.717) is 17.4 Å². The lowest BCUT2D eigenvalue weighted by Gasteiger charge is -2.21. The predicted molar refractivity (Wildman–Crippen MR) is 72.2 cm³/mol. The van der Waals surface area contributed by atoms with E-state index < -0.39 is 0 Å². The number of carbonyl (C=O) groups is 1. The molecule has 18 heavy (non-hydrogen) atoms. The molecule has 1 amide bonds. The molecule has 0 heterocycles. The third-order valence-corrected chi connectivity index (χ3v) is 3.04. The van der Waals surface area contributed by atoms with Crippen LogP contribution < -0.4 is 5.32 Å². The number of hydrogen-bond acceptors (Lipinski definition) is 1. The fraction of sp³-hybridized carbons (Fsp3) is 0.500. The molecule has 0 aliphatic heterocycles. The van der Waals surface area contributed by atoms with Crippen molar-refractivity contribution in [3.05, 3.63) is 35.6 Å². The maximum atomic E-state index is 13.0. The molecule has 2 nitrogen and oxygen atoms in total. The van der Waals surface area contributed by atoms with E-state index >= 15 is 0 Å². The van der Waals surface area contributed by atoms with Gasteiger partial charge in [-0.05, 0) is 30.0 Å². The third-order valence-electron chi connectivity index (χ3n) is 2.82. The van der Waals surface area contributed by atoms with Gasteiger partial charge in [-0.15, -0.1) is 11.6 Å². The molecule has 1 unspecified atom stereocenters. The van der Waals surface area contributed by atoms with Gasteiger partial charge >= 0.3 is 0 Å². The summed E-state index contributed by atoms with van der Waals surface area (Å²) in [6.07, 6.45) is 0.942. The fourth-order valence-electron chi connectivity index (χ4n) is 1.78. The number of benzene rings is 1. The van der Waals surface area contributed by atoms with Crippen molar-refractivity contribution in [2.75, 3.05) is 5.88 Å². The summed E-state index contributed by atoms with van der Waals surface area (Å²) in [7, 11) is 0. The minimum atomic E-state index is -0.318. The first kappa shape index (κ1) is 15.0. The summed E-state index contributed by atoms with van der Waals surface area (Å²) in [5, 5.41) is 2.94. The first-order valence-electron chi connectivity index (χ1n) is 6.12. The molecule has 0 bridgehead atoms. The number of nitrogens with one attached hydrogen (secondary N) is 1. The molecule has 1 aromatic carbocycles. The largest absolute Gasteiger partial charge is 0.353 e. The second-order valence-corrected chi connectivity index (χ2v) is 5.08. The Balaban J connectivity index is 2.55. The van der Waals surface area contributed by atoms with Crippen molar-refractivity contribution in [1.82, 2.24) is 5.32 Å². The lowest BCUT2D eigenvalue weighted by atomic mass is 10.0. The summed E-state index contributed by atoms with van der Waals surface area (Å²) in [4.78, 5) is 11.8. The van der Waals surface area contributed by atoms with Crippen LogP contribution in [-0.2, 0) is 11.2 Å². The van der Waals surface area contributed by atoms with Gasteiger partial charge in [-0.25, -0.2) is 4.39 Å². The van der Waals surface area contributed by atoms with Crippen LogP contribution in [0.25, 0.3) is 0 Å². The van der Waals surface area contributed by atoms with Gasteiger partial charge in [0.2, 0.25) is 5.91 Å². The van der Waals surface area contributed by atoms with Crippen molar-refractivity contribution in [3.63, 3.8) is 0 Å². The quantitative estimate of drug-likeness (QED) is 0.792. The fourth-order valence-corrected chi connectivity index (χ4v) is 2.01. The Hall–Kier alpha value is -1.09. The maximum absolute atomic E-state index is 13.0. The minimum absolute atomic E-state index is 0.0727. The summed E-state index contributed by atoms with van der Waals surface area (Å²) >= 11 is 5.70. The molecule has 0 aliphatic carbocycles. The van der Waals surface area contributed by atoms with Crippen LogP contribution in [0.1, 0.15) is 25.8 Å². The Kier molecular flexibility index (Phi) is 6.13. The van der Waals surface area contributed by atoms with E-state index in [4.69, 9.17) is 11.6 Å². The molecule has 0 radical (unpaired) electrons. The van der Waals surface area contributed by atoms with Gasteiger partial charge in [-0.1, -0.05) is 26.0 Å². The highest BCUT2D eigenvalue weighted by Gasteiger charge is 2.15. The zero-order valence-electron chi connectivity index (χ0n) is 10.7. The molecule has 0 aliphatic rings. The molecule has 100 valence electrons. The van der Waals surface area contributed by atoms with Crippen molar-refractivity contribution in [2.24, 2.45) is 5.92 Å². The van der Waals surface area contributed by atoms with E-state index in [2.05, 4.69) is 5.32 Å². The van der Waals surface area contributed by atoms with E-state index in [1.54, 1.807) is 12.1 Å². The standard InChI is InChI=1S/C14H19ClFNO/c1-10(2)13(6-7-15)17-14(18)9-11-4-3-5-12(16)8-11/h3-5,8,10,13H,6-7,9H2,1-2H3,(H,17,18). The molecule has 1 atom stereocenters. The Morgan fingerprint density at radius 2 is 2.17 bits per heavy atom. The Morgan fingerprint density at radius 3 is 2.72 bits per heavy atom. The molecule has 0 aromatic heterocycles. The van der Waals surface area contributed by atoms with E-state index in [-0.39, 0.29) is 24.2 Å². The molecule has 1 rings (SSSR count). The Labute approximate surface area is 113 Å². The van der Waals surface area contributed by atoms with Crippen LogP contribution in [0.15, 0.2) is 24.3 Å². The normalized spacial score (nSPS) is 12.5. The van der Waals surface area contributed by atoms with Gasteiger partial charge in [-0.3, -0.25) is 4.79 Å². The topological polar surface area (TPSA) is 29.1 Å². The average molecular weight is 272 g/mol. The number of rotatable bonds is 6. The number of hydrogen-bond donors (Lipinski definition) is 1. The van der Waals surface area contributed by atoms with E-state index in [0.717, 1.165) is 6.42 Å². The van der Waals surface area contributed by atoms with Crippen molar-refractivity contribution >= 4 is 17.5 Å². The number of carbonyl (C=O) groups excluding carboxylic acids is 1. The maximum Gasteiger partial charge on any atom is 0.224 e.